The van der Waals surface area contributed by atoms with Crippen molar-refractivity contribution in [2.45, 2.75) is 17.2 Å². The first kappa shape index (κ1) is 13.0. The van der Waals surface area contributed by atoms with Crippen molar-refractivity contribution in [2.75, 3.05) is 6.54 Å². The van der Waals surface area contributed by atoms with Gasteiger partial charge in [0, 0.05) is 18.9 Å². The van der Waals surface area contributed by atoms with Crippen molar-refractivity contribution in [1.29, 1.82) is 0 Å². The number of nitrogens with one attached hydrogen (secondary N) is 2. The lowest BCUT2D eigenvalue weighted by molar-refractivity contribution is -0.200. The Balaban J connectivity index is 2.63. The van der Waals surface area contributed by atoms with Crippen LogP contribution in [0.2, 0.25) is 0 Å². The third-order valence-electron chi connectivity index (χ3n) is 1.72. The highest BCUT2D eigenvalue weighted by molar-refractivity contribution is 7.89. The molecule has 16 heavy (non-hydrogen) atoms. The van der Waals surface area contributed by atoms with Gasteiger partial charge in [-0.05, 0) is 6.07 Å². The summed E-state index contributed by atoms with van der Waals surface area (Å²) in [5, 5.41) is 8.59. The van der Waals surface area contributed by atoms with Crippen molar-refractivity contribution in [3.05, 3.63) is 18.5 Å². The number of aliphatic hydroxyl groups excluding tert-OH is 1. The Kier molecular flexibility index (Phi) is 3.61. The molecule has 0 saturated carbocycles. The van der Waals surface area contributed by atoms with Crippen LogP contribution < -0.4 is 4.72 Å². The molecule has 1 aromatic rings. The second kappa shape index (κ2) is 4.44. The zero-order chi connectivity index (χ0) is 12.4. The van der Waals surface area contributed by atoms with Crippen LogP contribution in [0.1, 0.15) is 0 Å². The quantitative estimate of drug-likeness (QED) is 0.722. The van der Waals surface area contributed by atoms with E-state index in [9.17, 15) is 21.6 Å². The SMILES string of the molecule is O=S(=O)(NCC(O)C(F)(F)F)c1cc[nH]c1. The van der Waals surface area contributed by atoms with Gasteiger partial charge >= 0.3 is 6.18 Å². The van der Waals surface area contributed by atoms with Crippen LogP contribution in [0.5, 0.6) is 0 Å². The molecule has 1 atom stereocenters. The number of hydrogen-bond donors (Lipinski definition) is 3. The van der Waals surface area contributed by atoms with Gasteiger partial charge in [0.2, 0.25) is 10.0 Å². The molecular weight excluding hydrogens is 249 g/mol. The predicted molar refractivity (Wildman–Crippen MR) is 48.0 cm³/mol. The highest BCUT2D eigenvalue weighted by Crippen LogP contribution is 2.19. The topological polar surface area (TPSA) is 82.2 Å². The van der Waals surface area contributed by atoms with Gasteiger partial charge in [-0.2, -0.15) is 13.2 Å². The minimum atomic E-state index is -4.85. The first-order valence-corrected chi connectivity index (χ1v) is 5.59. The molecule has 92 valence electrons. The van der Waals surface area contributed by atoms with Crippen molar-refractivity contribution in [2.24, 2.45) is 0 Å². The van der Waals surface area contributed by atoms with Gasteiger partial charge in [-0.1, -0.05) is 0 Å². The van der Waals surface area contributed by atoms with Crippen LogP contribution in [-0.4, -0.2) is 37.3 Å². The lowest BCUT2D eigenvalue weighted by atomic mass is 10.4. The number of aromatic nitrogens is 1. The number of aromatic amines is 1. The van der Waals surface area contributed by atoms with Crippen LogP contribution >= 0.6 is 0 Å². The zero-order valence-corrected chi connectivity index (χ0v) is 8.64. The van der Waals surface area contributed by atoms with E-state index in [2.05, 4.69) is 4.98 Å². The predicted octanol–water partition coefficient (Wildman–Crippen LogP) is 0.216. The fourth-order valence-corrected chi connectivity index (χ4v) is 1.88. The van der Waals surface area contributed by atoms with E-state index in [4.69, 9.17) is 5.11 Å². The van der Waals surface area contributed by atoms with Crippen LogP contribution in [0.25, 0.3) is 0 Å². The normalized spacial score (nSPS) is 15.0. The number of H-pyrrole nitrogens is 1. The third-order valence-corrected chi connectivity index (χ3v) is 3.15. The second-order valence-corrected chi connectivity index (χ2v) is 4.72. The van der Waals surface area contributed by atoms with E-state index in [-0.39, 0.29) is 4.90 Å². The average molecular weight is 258 g/mol. The summed E-state index contributed by atoms with van der Waals surface area (Å²) in [6.45, 7) is -1.11. The lowest BCUT2D eigenvalue weighted by Crippen LogP contribution is -2.40. The van der Waals surface area contributed by atoms with Gasteiger partial charge in [0.15, 0.2) is 6.10 Å². The summed E-state index contributed by atoms with van der Waals surface area (Å²) < 4.78 is 59.9. The fraction of sp³-hybridized carbons (Fsp3) is 0.429. The summed E-state index contributed by atoms with van der Waals surface area (Å²) in [5.41, 5.74) is 0. The zero-order valence-electron chi connectivity index (χ0n) is 7.82. The van der Waals surface area contributed by atoms with E-state index >= 15 is 0 Å². The number of rotatable bonds is 4. The van der Waals surface area contributed by atoms with Gasteiger partial charge in [-0.3, -0.25) is 0 Å². The van der Waals surface area contributed by atoms with Crippen molar-refractivity contribution < 1.29 is 26.7 Å². The van der Waals surface area contributed by atoms with Crippen LogP contribution in [0.3, 0.4) is 0 Å². The minimum Gasteiger partial charge on any atom is -0.382 e. The maximum absolute atomic E-state index is 11.9. The Morgan fingerprint density at radius 1 is 1.50 bits per heavy atom. The molecule has 0 aromatic carbocycles. The van der Waals surface area contributed by atoms with E-state index in [1.165, 1.54) is 12.3 Å². The summed E-state index contributed by atoms with van der Waals surface area (Å²) in [7, 11) is -4.01. The standard InChI is InChI=1S/C7H9F3N2O3S/c8-7(9,10)6(13)4-12-16(14,15)5-1-2-11-3-5/h1-3,6,11-13H,4H2. The van der Waals surface area contributed by atoms with Gasteiger partial charge in [-0.25, -0.2) is 13.1 Å². The van der Waals surface area contributed by atoms with E-state index in [0.717, 1.165) is 6.20 Å². The van der Waals surface area contributed by atoms with Crippen molar-refractivity contribution in [1.82, 2.24) is 9.71 Å². The van der Waals surface area contributed by atoms with Crippen LogP contribution in [0.15, 0.2) is 23.4 Å². The number of halogens is 3. The van der Waals surface area contributed by atoms with Gasteiger partial charge in [0.25, 0.3) is 0 Å². The molecule has 0 spiro atoms. The van der Waals surface area contributed by atoms with Crippen molar-refractivity contribution in [3.8, 4) is 0 Å². The molecular formula is C7H9F3N2O3S. The van der Waals surface area contributed by atoms with Gasteiger partial charge in [0.05, 0.1) is 4.90 Å². The van der Waals surface area contributed by atoms with Crippen molar-refractivity contribution in [3.63, 3.8) is 0 Å². The minimum absolute atomic E-state index is 0.193. The molecule has 0 amide bonds. The summed E-state index contributed by atoms with van der Waals surface area (Å²) in [5.74, 6) is 0. The molecule has 0 aliphatic rings. The molecule has 0 aliphatic heterocycles. The summed E-state index contributed by atoms with van der Waals surface area (Å²) in [6.07, 6.45) is -5.14. The number of sulfonamides is 1. The molecule has 0 bridgehead atoms. The largest absolute Gasteiger partial charge is 0.415 e. The molecule has 0 saturated heterocycles. The Morgan fingerprint density at radius 3 is 2.56 bits per heavy atom. The second-order valence-electron chi connectivity index (χ2n) is 2.96. The Hall–Kier alpha value is -1.06. The van der Waals surface area contributed by atoms with E-state index in [1.807, 2.05) is 0 Å². The molecule has 1 rings (SSSR count). The molecule has 1 heterocycles. The molecule has 5 nitrogen and oxygen atoms in total. The third kappa shape index (κ3) is 3.22. The highest BCUT2D eigenvalue weighted by Gasteiger charge is 2.38. The number of aliphatic hydroxyl groups is 1. The van der Waals surface area contributed by atoms with E-state index < -0.39 is 28.8 Å². The highest BCUT2D eigenvalue weighted by atomic mass is 32.2. The van der Waals surface area contributed by atoms with Gasteiger partial charge < -0.3 is 10.1 Å². The molecule has 1 unspecified atom stereocenters. The van der Waals surface area contributed by atoms with Gasteiger partial charge in [-0.15, -0.1) is 0 Å². The van der Waals surface area contributed by atoms with Crippen LogP contribution in [0, 0.1) is 0 Å². The first-order valence-electron chi connectivity index (χ1n) is 4.11. The van der Waals surface area contributed by atoms with Gasteiger partial charge in [0.1, 0.15) is 0 Å². The molecule has 1 aromatic heterocycles. The van der Waals surface area contributed by atoms with E-state index in [1.54, 1.807) is 4.72 Å². The van der Waals surface area contributed by atoms with Crippen molar-refractivity contribution >= 4 is 10.0 Å². The number of alkyl halides is 3. The molecule has 0 aliphatic carbocycles. The monoisotopic (exact) mass is 258 g/mol. The molecule has 3 N–H and O–H groups in total. The first-order chi connectivity index (χ1) is 7.23. The fourth-order valence-electron chi connectivity index (χ4n) is 0.863. The summed E-state index contributed by atoms with van der Waals surface area (Å²) in [6, 6.07) is 1.18. The maximum atomic E-state index is 11.9. The van der Waals surface area contributed by atoms with E-state index in [0.29, 0.717) is 0 Å². The smallest absolute Gasteiger partial charge is 0.382 e. The maximum Gasteiger partial charge on any atom is 0.415 e. The molecule has 0 fully saturated rings. The lowest BCUT2D eigenvalue weighted by Gasteiger charge is -2.14. The van der Waals surface area contributed by atoms with Crippen LogP contribution in [0.4, 0.5) is 13.2 Å². The Labute approximate surface area is 89.3 Å². The summed E-state index contributed by atoms with van der Waals surface area (Å²) in [4.78, 5) is 2.26. The average Bonchev–Trinajstić information content (AvgIpc) is 2.65. The molecule has 0 radical (unpaired) electrons. The Bertz CT molecular complexity index is 426. The molecule has 9 heteroatoms. The Morgan fingerprint density at radius 2 is 2.12 bits per heavy atom. The van der Waals surface area contributed by atoms with Crippen LogP contribution in [-0.2, 0) is 10.0 Å². The summed E-state index contributed by atoms with van der Waals surface area (Å²) >= 11 is 0. The number of hydrogen-bond acceptors (Lipinski definition) is 3.